The summed E-state index contributed by atoms with van der Waals surface area (Å²) in [5.74, 6) is -0.284. The maximum Gasteiger partial charge on any atom is 0.163 e. The molecule has 0 N–H and O–H groups in total. The molecular formula is C14H14FNO2. The molecule has 94 valence electrons. The molecule has 1 aromatic rings. The van der Waals surface area contributed by atoms with Crippen LogP contribution in [-0.2, 0) is 0 Å². The number of ketones is 1. The van der Waals surface area contributed by atoms with E-state index in [2.05, 4.69) is 6.07 Å². The quantitative estimate of drug-likeness (QED) is 0.751. The lowest BCUT2D eigenvalue weighted by molar-refractivity contribution is 0.101. The molecule has 1 aliphatic rings. The Hall–Kier alpha value is -1.89. The number of nitriles is 1. The Bertz CT molecular complexity index is 515. The molecule has 1 aliphatic carbocycles. The van der Waals surface area contributed by atoms with Crippen molar-refractivity contribution in [3.05, 3.63) is 29.6 Å². The largest absolute Gasteiger partial charge is 0.492 e. The van der Waals surface area contributed by atoms with Crippen molar-refractivity contribution in [3.8, 4) is 11.8 Å². The van der Waals surface area contributed by atoms with Gasteiger partial charge < -0.3 is 4.74 Å². The number of ether oxygens (including phenoxy) is 1. The van der Waals surface area contributed by atoms with Gasteiger partial charge in [-0.1, -0.05) is 0 Å². The van der Waals surface area contributed by atoms with Gasteiger partial charge in [-0.05, 0) is 38.0 Å². The summed E-state index contributed by atoms with van der Waals surface area (Å²) in [7, 11) is 0. The van der Waals surface area contributed by atoms with Gasteiger partial charge in [0.2, 0.25) is 0 Å². The van der Waals surface area contributed by atoms with Crippen LogP contribution in [0.4, 0.5) is 4.39 Å². The van der Waals surface area contributed by atoms with Crippen LogP contribution in [0.1, 0.15) is 36.5 Å². The smallest absolute Gasteiger partial charge is 0.163 e. The molecule has 3 nitrogen and oxygen atoms in total. The first-order chi connectivity index (χ1) is 8.56. The molecule has 1 saturated carbocycles. The number of benzene rings is 1. The summed E-state index contributed by atoms with van der Waals surface area (Å²) in [5, 5.41) is 8.71. The van der Waals surface area contributed by atoms with Crippen LogP contribution in [-0.4, -0.2) is 12.4 Å². The predicted molar refractivity (Wildman–Crippen MR) is 63.8 cm³/mol. The molecule has 0 radical (unpaired) electrons. The average Bonchev–Trinajstić information content (AvgIpc) is 3.08. The zero-order valence-electron chi connectivity index (χ0n) is 10.2. The number of halogens is 1. The second-order valence-corrected chi connectivity index (χ2v) is 4.82. The fourth-order valence-corrected chi connectivity index (χ4v) is 1.85. The van der Waals surface area contributed by atoms with E-state index in [0.717, 1.165) is 12.8 Å². The van der Waals surface area contributed by atoms with E-state index in [9.17, 15) is 9.18 Å². The van der Waals surface area contributed by atoms with Crippen molar-refractivity contribution >= 4 is 5.78 Å². The molecule has 0 aliphatic heterocycles. The molecule has 0 aromatic heterocycles. The Morgan fingerprint density at radius 2 is 2.28 bits per heavy atom. The summed E-state index contributed by atoms with van der Waals surface area (Å²) in [6.07, 6.45) is 2.40. The van der Waals surface area contributed by atoms with E-state index in [1.54, 1.807) is 0 Å². The average molecular weight is 247 g/mol. The number of hydrogen-bond acceptors (Lipinski definition) is 3. The van der Waals surface area contributed by atoms with Crippen molar-refractivity contribution in [2.75, 3.05) is 6.61 Å². The maximum absolute atomic E-state index is 13.1. The maximum atomic E-state index is 13.1. The number of hydrogen-bond donors (Lipinski definition) is 0. The number of rotatable bonds is 5. The normalized spacial score (nSPS) is 15.8. The van der Waals surface area contributed by atoms with Crippen molar-refractivity contribution in [2.24, 2.45) is 5.41 Å². The molecule has 1 aromatic carbocycles. The lowest BCUT2D eigenvalue weighted by Gasteiger charge is -2.14. The van der Waals surface area contributed by atoms with Gasteiger partial charge in [-0.15, -0.1) is 0 Å². The highest BCUT2D eigenvalue weighted by Crippen LogP contribution is 2.48. The molecule has 1 fully saturated rings. The Morgan fingerprint density at radius 3 is 2.83 bits per heavy atom. The van der Waals surface area contributed by atoms with Gasteiger partial charge in [0.05, 0.1) is 18.2 Å². The minimum absolute atomic E-state index is 0.0583. The van der Waals surface area contributed by atoms with Crippen LogP contribution in [0.25, 0.3) is 0 Å². The van der Waals surface area contributed by atoms with E-state index in [-0.39, 0.29) is 16.8 Å². The molecule has 0 saturated heterocycles. The van der Waals surface area contributed by atoms with Gasteiger partial charge in [-0.2, -0.15) is 5.26 Å². The van der Waals surface area contributed by atoms with Crippen molar-refractivity contribution in [2.45, 2.75) is 26.2 Å². The highest BCUT2D eigenvalue weighted by Gasteiger charge is 2.43. The van der Waals surface area contributed by atoms with E-state index < -0.39 is 5.82 Å². The molecule has 0 amide bonds. The Morgan fingerprint density at radius 1 is 1.56 bits per heavy atom. The van der Waals surface area contributed by atoms with E-state index in [1.807, 2.05) is 0 Å². The summed E-state index contributed by atoms with van der Waals surface area (Å²) in [5.41, 5.74) is 0.194. The summed E-state index contributed by atoms with van der Waals surface area (Å²) in [6.45, 7) is 1.79. The standard InChI is InChI=1S/C14H14FNO2/c1-10(17)12-8-11(15)2-3-13(12)18-9-14(4-5-14)6-7-16/h2-3,8H,4-6,9H2,1H3. The van der Waals surface area contributed by atoms with Crippen LogP contribution in [0.5, 0.6) is 5.75 Å². The van der Waals surface area contributed by atoms with Gasteiger partial charge in [-0.25, -0.2) is 4.39 Å². The summed E-state index contributed by atoms with van der Waals surface area (Å²) >= 11 is 0. The summed E-state index contributed by atoms with van der Waals surface area (Å²) in [4.78, 5) is 11.4. The number of nitrogens with zero attached hydrogens (tertiary/aromatic N) is 1. The number of Topliss-reactive ketones (excluding diaryl/α,β-unsaturated/α-hetero) is 1. The lowest BCUT2D eigenvalue weighted by atomic mass is 10.1. The van der Waals surface area contributed by atoms with E-state index in [0.29, 0.717) is 18.8 Å². The fraction of sp³-hybridized carbons (Fsp3) is 0.429. The van der Waals surface area contributed by atoms with Crippen molar-refractivity contribution in [1.82, 2.24) is 0 Å². The Balaban J connectivity index is 2.10. The molecule has 0 spiro atoms. The highest BCUT2D eigenvalue weighted by atomic mass is 19.1. The molecule has 0 heterocycles. The molecule has 0 bridgehead atoms. The van der Waals surface area contributed by atoms with Crippen LogP contribution in [0.3, 0.4) is 0 Å². The molecular weight excluding hydrogens is 233 g/mol. The van der Waals surface area contributed by atoms with Crippen LogP contribution >= 0.6 is 0 Å². The third-order valence-electron chi connectivity index (χ3n) is 3.27. The first kappa shape index (κ1) is 12.6. The number of carbonyl (C=O) groups is 1. The summed E-state index contributed by atoms with van der Waals surface area (Å²) < 4.78 is 18.7. The molecule has 18 heavy (non-hydrogen) atoms. The van der Waals surface area contributed by atoms with E-state index >= 15 is 0 Å². The molecule has 4 heteroatoms. The van der Waals surface area contributed by atoms with Gasteiger partial charge in [-0.3, -0.25) is 4.79 Å². The number of carbonyl (C=O) groups excluding carboxylic acids is 1. The topological polar surface area (TPSA) is 50.1 Å². The zero-order chi connectivity index (χ0) is 13.2. The van der Waals surface area contributed by atoms with Gasteiger partial charge in [0.15, 0.2) is 5.78 Å². The Kier molecular flexibility index (Phi) is 3.33. The van der Waals surface area contributed by atoms with Crippen molar-refractivity contribution in [3.63, 3.8) is 0 Å². The predicted octanol–water partition coefficient (Wildman–Crippen LogP) is 3.10. The van der Waals surface area contributed by atoms with E-state index in [1.165, 1.54) is 25.1 Å². The second-order valence-electron chi connectivity index (χ2n) is 4.82. The monoisotopic (exact) mass is 247 g/mol. The van der Waals surface area contributed by atoms with Gasteiger partial charge >= 0.3 is 0 Å². The van der Waals surface area contributed by atoms with Crippen molar-refractivity contribution < 1.29 is 13.9 Å². The summed E-state index contributed by atoms with van der Waals surface area (Å²) in [6, 6.07) is 6.06. The molecule has 0 unspecified atom stereocenters. The lowest BCUT2D eigenvalue weighted by Crippen LogP contribution is -2.14. The third kappa shape index (κ3) is 2.67. The first-order valence-electron chi connectivity index (χ1n) is 5.87. The SMILES string of the molecule is CC(=O)c1cc(F)ccc1OCC1(CC#N)CC1. The Labute approximate surface area is 105 Å². The van der Waals surface area contributed by atoms with Crippen molar-refractivity contribution in [1.29, 1.82) is 5.26 Å². The second kappa shape index (κ2) is 4.77. The first-order valence-corrected chi connectivity index (χ1v) is 5.87. The van der Waals surface area contributed by atoms with Crippen LogP contribution in [0.15, 0.2) is 18.2 Å². The molecule has 2 rings (SSSR count). The minimum atomic E-state index is -0.453. The van der Waals surface area contributed by atoms with E-state index in [4.69, 9.17) is 10.00 Å². The van der Waals surface area contributed by atoms with Gasteiger partial charge in [0, 0.05) is 11.8 Å². The zero-order valence-corrected chi connectivity index (χ0v) is 10.2. The van der Waals surface area contributed by atoms with Gasteiger partial charge in [0.25, 0.3) is 0 Å². The third-order valence-corrected chi connectivity index (χ3v) is 3.27. The van der Waals surface area contributed by atoms with Crippen LogP contribution in [0.2, 0.25) is 0 Å². The fourth-order valence-electron chi connectivity index (χ4n) is 1.85. The van der Waals surface area contributed by atoms with Crippen LogP contribution in [0, 0.1) is 22.6 Å². The minimum Gasteiger partial charge on any atom is -0.492 e. The van der Waals surface area contributed by atoms with Gasteiger partial charge in [0.1, 0.15) is 11.6 Å². The van der Waals surface area contributed by atoms with Crippen LogP contribution < -0.4 is 4.74 Å². The highest BCUT2D eigenvalue weighted by molar-refractivity contribution is 5.96. The molecule has 0 atom stereocenters.